The summed E-state index contributed by atoms with van der Waals surface area (Å²) in [6.45, 7) is 3.32. The summed E-state index contributed by atoms with van der Waals surface area (Å²) in [4.78, 5) is 51.0. The number of nitrogens with zero attached hydrogens (tertiary/aromatic N) is 6. The standard InChI is InChI=1S/C25H23N5O2.C23H21N5O3.C5H9BrO/c31-24(18-13-26-27-14-18)28-19-11-9-15(10-12-19)22-20-3-1-2-4-21(20)25(32)30(29-22)23(16-5-6-16)17-7-8-17;29-22(16-13-24-28(14-16)18-9-11-31-12-10-18)25-17-7-5-15(6-8-17)21-19-3-1-2-4-20(19)23(30)27-26-21;6-5-1-3-7-4-2-5/h1-4,9-14,16-17,23H,5-8H2,(H,26,27)(H,28,31);1-8,13-14,18H,9-12H2,(H,25,29)(H,27,30);5H,1-4H2. The molecule has 2 saturated carbocycles. The fourth-order valence-electron chi connectivity index (χ4n) is 9.09. The van der Waals surface area contributed by atoms with Crippen molar-refractivity contribution in [2.45, 2.75) is 68.3 Å². The SMILES string of the molecule is BrC1CCOCC1.O=C(Nc1ccc(-c2n[nH]c(=O)c3ccccc23)cc1)c1cnn(C2CCOCC2)c1.O=C(Nc1ccc(-c2nn(C(C3CC3)C3CC3)c(=O)c3ccccc23)cc1)c1cn[nH]c1. The van der Waals surface area contributed by atoms with Gasteiger partial charge in [-0.05, 0) is 99.6 Å². The van der Waals surface area contributed by atoms with Gasteiger partial charge in [0.2, 0.25) is 0 Å². The van der Waals surface area contributed by atoms with Gasteiger partial charge in [-0.2, -0.15) is 20.4 Å². The van der Waals surface area contributed by atoms with Gasteiger partial charge in [-0.25, -0.2) is 9.78 Å². The number of anilines is 2. The van der Waals surface area contributed by atoms with Crippen molar-refractivity contribution in [1.29, 1.82) is 0 Å². The maximum Gasteiger partial charge on any atom is 0.274 e. The number of nitrogens with one attached hydrogen (secondary N) is 4. The van der Waals surface area contributed by atoms with E-state index in [0.29, 0.717) is 50.8 Å². The third-order valence-electron chi connectivity index (χ3n) is 13.2. The van der Waals surface area contributed by atoms with Gasteiger partial charge in [0.15, 0.2) is 0 Å². The average molecular weight is 1010 g/mol. The lowest BCUT2D eigenvalue weighted by Gasteiger charge is -2.22. The second-order valence-electron chi connectivity index (χ2n) is 18.1. The van der Waals surface area contributed by atoms with Crippen molar-refractivity contribution in [1.82, 2.24) is 40.0 Å². The zero-order valence-corrected chi connectivity index (χ0v) is 40.0. The van der Waals surface area contributed by atoms with Crippen LogP contribution in [0.15, 0.2) is 131 Å². The summed E-state index contributed by atoms with van der Waals surface area (Å²) in [7, 11) is 0. The molecule has 2 aliphatic carbocycles. The molecule has 0 spiro atoms. The maximum absolute atomic E-state index is 13.4. The van der Waals surface area contributed by atoms with Crippen LogP contribution < -0.4 is 21.8 Å². The van der Waals surface area contributed by atoms with Gasteiger partial charge in [-0.1, -0.05) is 76.6 Å². The van der Waals surface area contributed by atoms with Crippen LogP contribution in [0.5, 0.6) is 0 Å². The summed E-state index contributed by atoms with van der Waals surface area (Å²) in [5.74, 6) is 0.712. The fourth-order valence-corrected chi connectivity index (χ4v) is 9.47. The number of benzene rings is 4. The monoisotopic (exact) mass is 1000 g/mol. The van der Waals surface area contributed by atoms with Crippen molar-refractivity contribution in [3.8, 4) is 22.5 Å². The van der Waals surface area contributed by atoms with Crippen LogP contribution in [0.2, 0.25) is 0 Å². The summed E-state index contributed by atoms with van der Waals surface area (Å²) in [6, 6.07) is 30.5. The van der Waals surface area contributed by atoms with Crippen LogP contribution in [-0.4, -0.2) is 83.0 Å². The van der Waals surface area contributed by atoms with Gasteiger partial charge in [0.1, 0.15) is 0 Å². The lowest BCUT2D eigenvalue weighted by Crippen LogP contribution is -2.30. The Morgan fingerprint density at radius 3 is 1.74 bits per heavy atom. The highest BCUT2D eigenvalue weighted by Gasteiger charge is 2.44. The Bertz CT molecular complexity index is 3190. The third kappa shape index (κ3) is 10.9. The molecule has 4 aromatic heterocycles. The Kier molecular flexibility index (Phi) is 14.2. The number of H-pyrrole nitrogens is 2. The van der Waals surface area contributed by atoms with E-state index in [-0.39, 0.29) is 35.0 Å². The Morgan fingerprint density at radius 2 is 1.19 bits per heavy atom. The normalized spacial score (nSPS) is 16.3. The summed E-state index contributed by atoms with van der Waals surface area (Å²) in [6.07, 6.45) is 15.3. The molecule has 2 aliphatic heterocycles. The molecule has 4 aromatic carbocycles. The van der Waals surface area contributed by atoms with E-state index >= 15 is 0 Å². The van der Waals surface area contributed by atoms with Gasteiger partial charge in [0.05, 0.1) is 57.8 Å². The molecule has 4 aliphatic rings. The second kappa shape index (κ2) is 21.3. The molecule has 6 heterocycles. The van der Waals surface area contributed by atoms with E-state index in [2.05, 4.69) is 52.1 Å². The first-order valence-electron chi connectivity index (χ1n) is 23.9. The van der Waals surface area contributed by atoms with Crippen molar-refractivity contribution in [2.24, 2.45) is 11.8 Å². The fraction of sp³-hybridized carbons (Fsp3) is 0.321. The number of alkyl halides is 1. The van der Waals surface area contributed by atoms with Crippen molar-refractivity contribution in [3.63, 3.8) is 0 Å². The lowest BCUT2D eigenvalue weighted by atomic mass is 10.0. The number of fused-ring (bicyclic) bond motifs is 2. The first-order chi connectivity index (χ1) is 34.3. The van der Waals surface area contributed by atoms with Crippen molar-refractivity contribution in [2.75, 3.05) is 37.1 Å². The number of ether oxygens (including phenoxy) is 2. The molecule has 12 rings (SSSR count). The molecule has 0 unspecified atom stereocenters. The largest absolute Gasteiger partial charge is 0.381 e. The number of hydrogen-bond acceptors (Lipinski definition) is 10. The topological polar surface area (TPSA) is 204 Å². The molecule has 16 nitrogen and oxygen atoms in total. The molecule has 4 N–H and O–H groups in total. The third-order valence-corrected chi connectivity index (χ3v) is 14.1. The Hall–Kier alpha value is -7.08. The second-order valence-corrected chi connectivity index (χ2v) is 19.4. The van der Waals surface area contributed by atoms with Gasteiger partial charge in [-0.15, -0.1) is 0 Å². The molecule has 2 amide bonds. The van der Waals surface area contributed by atoms with Crippen LogP contribution in [0.4, 0.5) is 11.4 Å². The van der Waals surface area contributed by atoms with Crippen LogP contribution in [0.25, 0.3) is 44.1 Å². The Balaban J connectivity index is 0.000000142. The molecular weight excluding hydrogens is 953 g/mol. The number of aromatic amines is 2. The van der Waals surface area contributed by atoms with Crippen LogP contribution in [0.1, 0.15) is 84.2 Å². The average Bonchev–Trinajstić information content (AvgIpc) is 4.31. The first-order valence-corrected chi connectivity index (χ1v) is 24.8. The van der Waals surface area contributed by atoms with Crippen LogP contribution in [0, 0.1) is 11.8 Å². The molecule has 70 heavy (non-hydrogen) atoms. The predicted octanol–water partition coefficient (Wildman–Crippen LogP) is 9.35. The molecule has 4 fully saturated rings. The van der Waals surface area contributed by atoms with Gasteiger partial charge in [0, 0.05) is 76.9 Å². The number of aromatic nitrogens is 8. The molecule has 8 aromatic rings. The Labute approximate surface area is 411 Å². The number of hydrogen-bond donors (Lipinski definition) is 4. The molecular formula is C53H53BrN10O6. The van der Waals surface area contributed by atoms with Crippen LogP contribution in [0.3, 0.4) is 0 Å². The maximum atomic E-state index is 13.4. The highest BCUT2D eigenvalue weighted by Crippen LogP contribution is 2.51. The van der Waals surface area contributed by atoms with Crippen LogP contribution >= 0.6 is 15.9 Å². The molecule has 0 atom stereocenters. The summed E-state index contributed by atoms with van der Waals surface area (Å²) in [5, 5.41) is 31.2. The molecule has 0 bridgehead atoms. The van der Waals surface area contributed by atoms with E-state index in [4.69, 9.17) is 14.6 Å². The minimum atomic E-state index is -0.222. The highest BCUT2D eigenvalue weighted by atomic mass is 79.9. The van der Waals surface area contributed by atoms with Crippen molar-refractivity contribution < 1.29 is 19.1 Å². The minimum Gasteiger partial charge on any atom is -0.381 e. The molecule has 0 radical (unpaired) electrons. The van der Waals surface area contributed by atoms with E-state index in [9.17, 15) is 19.2 Å². The summed E-state index contributed by atoms with van der Waals surface area (Å²) < 4.78 is 14.1. The summed E-state index contributed by atoms with van der Waals surface area (Å²) >= 11 is 3.51. The van der Waals surface area contributed by atoms with Crippen LogP contribution in [-0.2, 0) is 9.47 Å². The zero-order chi connectivity index (χ0) is 48.0. The molecule has 2 saturated heterocycles. The van der Waals surface area contributed by atoms with E-state index < -0.39 is 0 Å². The lowest BCUT2D eigenvalue weighted by molar-refractivity contribution is 0.0662. The highest BCUT2D eigenvalue weighted by molar-refractivity contribution is 9.09. The minimum absolute atomic E-state index is 0.0112. The van der Waals surface area contributed by atoms with Gasteiger partial charge in [0.25, 0.3) is 22.9 Å². The van der Waals surface area contributed by atoms with E-state index in [1.165, 1.54) is 44.7 Å². The quantitative estimate of drug-likeness (QED) is 0.0956. The van der Waals surface area contributed by atoms with Gasteiger partial charge in [-0.3, -0.25) is 29.0 Å². The van der Waals surface area contributed by atoms with E-state index in [1.54, 1.807) is 29.3 Å². The number of carbonyl (C=O) groups is 2. The number of halogens is 1. The zero-order valence-electron chi connectivity index (χ0n) is 38.4. The molecule has 17 heteroatoms. The smallest absolute Gasteiger partial charge is 0.274 e. The number of carbonyl (C=O) groups excluding carboxylic acids is 2. The van der Waals surface area contributed by atoms with Crippen molar-refractivity contribution >= 4 is 60.7 Å². The number of rotatable bonds is 10. The predicted molar refractivity (Wildman–Crippen MR) is 272 cm³/mol. The van der Waals surface area contributed by atoms with Gasteiger partial charge >= 0.3 is 0 Å². The van der Waals surface area contributed by atoms with Crippen molar-refractivity contribution in [3.05, 3.63) is 154 Å². The molecule has 358 valence electrons. The first kappa shape index (κ1) is 46.6. The summed E-state index contributed by atoms with van der Waals surface area (Å²) in [5.41, 5.74) is 5.39. The van der Waals surface area contributed by atoms with E-state index in [1.807, 2.05) is 95.7 Å². The Morgan fingerprint density at radius 1 is 0.643 bits per heavy atom. The number of amides is 2. The van der Waals surface area contributed by atoms with Gasteiger partial charge < -0.3 is 20.1 Å². The van der Waals surface area contributed by atoms with E-state index in [0.717, 1.165) is 71.7 Å².